The van der Waals surface area contributed by atoms with Crippen LogP contribution in [0.5, 0.6) is 5.88 Å². The maximum Gasteiger partial charge on any atom is 0.253 e. The van der Waals surface area contributed by atoms with Crippen molar-refractivity contribution in [3.8, 4) is 5.88 Å². The van der Waals surface area contributed by atoms with Gasteiger partial charge in [-0.2, -0.15) is 0 Å². The minimum absolute atomic E-state index is 0.0943. The number of ether oxygens (including phenoxy) is 1. The first-order valence-corrected chi connectivity index (χ1v) is 5.97. The SMILES string of the molecule is CCCNC(=O)c1cnc(OC)c2ccccc12. The molecule has 0 fully saturated rings. The highest BCUT2D eigenvalue weighted by Gasteiger charge is 2.12. The molecule has 0 aliphatic carbocycles. The fourth-order valence-corrected chi connectivity index (χ4v) is 1.84. The van der Waals surface area contributed by atoms with E-state index in [4.69, 9.17) is 4.74 Å². The predicted octanol–water partition coefficient (Wildman–Crippen LogP) is 2.38. The molecule has 0 saturated heterocycles. The molecule has 1 aromatic carbocycles. The van der Waals surface area contributed by atoms with E-state index >= 15 is 0 Å². The number of aromatic nitrogens is 1. The van der Waals surface area contributed by atoms with Crippen molar-refractivity contribution in [2.75, 3.05) is 13.7 Å². The zero-order valence-corrected chi connectivity index (χ0v) is 10.6. The predicted molar refractivity (Wildman–Crippen MR) is 70.9 cm³/mol. The molecule has 0 saturated carbocycles. The Balaban J connectivity index is 2.49. The van der Waals surface area contributed by atoms with Crippen molar-refractivity contribution in [1.29, 1.82) is 0 Å². The molecule has 1 aromatic heterocycles. The van der Waals surface area contributed by atoms with Gasteiger partial charge in [0.15, 0.2) is 0 Å². The average Bonchev–Trinajstić information content (AvgIpc) is 2.43. The molecule has 0 spiro atoms. The van der Waals surface area contributed by atoms with Crippen molar-refractivity contribution in [3.05, 3.63) is 36.0 Å². The van der Waals surface area contributed by atoms with Crippen LogP contribution < -0.4 is 10.1 Å². The third-order valence-corrected chi connectivity index (χ3v) is 2.73. The molecule has 94 valence electrons. The Morgan fingerprint density at radius 2 is 2.06 bits per heavy atom. The second-order valence-corrected chi connectivity index (χ2v) is 3.98. The van der Waals surface area contributed by atoms with Gasteiger partial charge in [-0.25, -0.2) is 4.98 Å². The fourth-order valence-electron chi connectivity index (χ4n) is 1.84. The third kappa shape index (κ3) is 2.27. The average molecular weight is 244 g/mol. The third-order valence-electron chi connectivity index (χ3n) is 2.73. The van der Waals surface area contributed by atoms with Gasteiger partial charge in [0.1, 0.15) is 0 Å². The number of amides is 1. The van der Waals surface area contributed by atoms with E-state index in [1.54, 1.807) is 13.3 Å². The van der Waals surface area contributed by atoms with Crippen LogP contribution in [0.3, 0.4) is 0 Å². The summed E-state index contributed by atoms with van der Waals surface area (Å²) in [6.07, 6.45) is 2.47. The first-order valence-electron chi connectivity index (χ1n) is 5.97. The summed E-state index contributed by atoms with van der Waals surface area (Å²) in [5.41, 5.74) is 0.583. The Morgan fingerprint density at radius 3 is 2.72 bits per heavy atom. The van der Waals surface area contributed by atoms with Crippen molar-refractivity contribution in [3.63, 3.8) is 0 Å². The van der Waals surface area contributed by atoms with Crippen LogP contribution in [-0.2, 0) is 0 Å². The maximum atomic E-state index is 12.0. The van der Waals surface area contributed by atoms with Gasteiger partial charge in [-0.15, -0.1) is 0 Å². The van der Waals surface area contributed by atoms with Gasteiger partial charge in [0.2, 0.25) is 5.88 Å². The van der Waals surface area contributed by atoms with Crippen molar-refractivity contribution >= 4 is 16.7 Å². The van der Waals surface area contributed by atoms with E-state index in [1.807, 2.05) is 31.2 Å². The Kier molecular flexibility index (Phi) is 3.77. The Morgan fingerprint density at radius 1 is 1.33 bits per heavy atom. The van der Waals surface area contributed by atoms with Gasteiger partial charge in [-0.1, -0.05) is 25.1 Å². The van der Waals surface area contributed by atoms with Crippen LogP contribution in [0.4, 0.5) is 0 Å². The van der Waals surface area contributed by atoms with Crippen LogP contribution in [0.15, 0.2) is 30.5 Å². The number of methoxy groups -OCH3 is 1. The summed E-state index contributed by atoms with van der Waals surface area (Å²) in [7, 11) is 1.58. The molecule has 0 atom stereocenters. The number of fused-ring (bicyclic) bond motifs is 1. The van der Waals surface area contributed by atoms with Gasteiger partial charge in [-0.3, -0.25) is 4.79 Å². The van der Waals surface area contributed by atoms with E-state index in [2.05, 4.69) is 10.3 Å². The van der Waals surface area contributed by atoms with Gasteiger partial charge in [0.05, 0.1) is 12.7 Å². The molecular formula is C14H16N2O2. The number of nitrogens with zero attached hydrogens (tertiary/aromatic N) is 1. The van der Waals surface area contributed by atoms with Crippen LogP contribution >= 0.6 is 0 Å². The van der Waals surface area contributed by atoms with Crippen LogP contribution in [0, 0.1) is 0 Å². The molecule has 18 heavy (non-hydrogen) atoms. The van der Waals surface area contributed by atoms with Gasteiger partial charge in [0, 0.05) is 23.5 Å². The van der Waals surface area contributed by atoms with Gasteiger partial charge in [0.25, 0.3) is 5.91 Å². The lowest BCUT2D eigenvalue weighted by molar-refractivity contribution is 0.0955. The maximum absolute atomic E-state index is 12.0. The van der Waals surface area contributed by atoms with Crippen molar-refractivity contribution in [1.82, 2.24) is 10.3 Å². The minimum Gasteiger partial charge on any atom is -0.481 e. The molecule has 2 rings (SSSR count). The number of nitrogens with one attached hydrogen (secondary N) is 1. The lowest BCUT2D eigenvalue weighted by Crippen LogP contribution is -2.24. The molecule has 0 radical (unpaired) electrons. The quantitative estimate of drug-likeness (QED) is 0.898. The van der Waals surface area contributed by atoms with E-state index in [-0.39, 0.29) is 5.91 Å². The normalized spacial score (nSPS) is 10.3. The molecule has 0 aliphatic rings. The molecule has 1 amide bonds. The number of hydrogen-bond donors (Lipinski definition) is 1. The van der Waals surface area contributed by atoms with E-state index < -0.39 is 0 Å². The zero-order valence-electron chi connectivity index (χ0n) is 10.6. The second-order valence-electron chi connectivity index (χ2n) is 3.98. The largest absolute Gasteiger partial charge is 0.481 e. The van der Waals surface area contributed by atoms with Crippen LogP contribution in [0.1, 0.15) is 23.7 Å². The van der Waals surface area contributed by atoms with E-state index in [9.17, 15) is 4.79 Å². The molecule has 0 bridgehead atoms. The van der Waals surface area contributed by atoms with Crippen molar-refractivity contribution < 1.29 is 9.53 Å². The summed E-state index contributed by atoms with van der Waals surface area (Å²) in [6, 6.07) is 7.61. The second kappa shape index (κ2) is 5.49. The smallest absolute Gasteiger partial charge is 0.253 e. The summed E-state index contributed by atoms with van der Waals surface area (Å²) < 4.78 is 5.20. The minimum atomic E-state index is -0.0943. The van der Waals surface area contributed by atoms with E-state index in [1.165, 1.54) is 0 Å². The molecule has 1 heterocycles. The Hall–Kier alpha value is -2.10. The van der Waals surface area contributed by atoms with Crippen LogP contribution in [-0.4, -0.2) is 24.5 Å². The lowest BCUT2D eigenvalue weighted by atomic mass is 10.1. The summed E-state index contributed by atoms with van der Waals surface area (Å²) in [5, 5.41) is 4.57. The number of carbonyl (C=O) groups excluding carboxylic acids is 1. The van der Waals surface area contributed by atoms with Crippen molar-refractivity contribution in [2.45, 2.75) is 13.3 Å². The van der Waals surface area contributed by atoms with Crippen LogP contribution in [0.2, 0.25) is 0 Å². The molecule has 4 heteroatoms. The number of rotatable bonds is 4. The summed E-state index contributed by atoms with van der Waals surface area (Å²) in [5.74, 6) is 0.445. The molecule has 0 aliphatic heterocycles. The highest BCUT2D eigenvalue weighted by atomic mass is 16.5. The van der Waals surface area contributed by atoms with Gasteiger partial charge in [-0.05, 0) is 12.5 Å². The molecular weight excluding hydrogens is 228 g/mol. The standard InChI is InChI=1S/C14H16N2O2/c1-3-8-15-13(17)12-9-16-14(18-2)11-7-5-4-6-10(11)12/h4-7,9H,3,8H2,1-2H3,(H,15,17). The topological polar surface area (TPSA) is 51.2 Å². The number of hydrogen-bond acceptors (Lipinski definition) is 3. The fraction of sp³-hybridized carbons (Fsp3) is 0.286. The summed E-state index contributed by atoms with van der Waals surface area (Å²) >= 11 is 0. The number of pyridine rings is 1. The molecule has 1 N–H and O–H groups in total. The molecule has 0 unspecified atom stereocenters. The molecule has 4 nitrogen and oxygen atoms in total. The van der Waals surface area contributed by atoms with E-state index in [0.29, 0.717) is 18.0 Å². The monoisotopic (exact) mass is 244 g/mol. The number of carbonyl (C=O) groups is 1. The van der Waals surface area contributed by atoms with Gasteiger partial charge >= 0.3 is 0 Å². The zero-order chi connectivity index (χ0) is 13.0. The highest BCUT2D eigenvalue weighted by molar-refractivity contribution is 6.07. The summed E-state index contributed by atoms with van der Waals surface area (Å²) in [6.45, 7) is 2.68. The van der Waals surface area contributed by atoms with Crippen LogP contribution in [0.25, 0.3) is 10.8 Å². The molecule has 2 aromatic rings. The van der Waals surface area contributed by atoms with E-state index in [0.717, 1.165) is 17.2 Å². The first kappa shape index (κ1) is 12.4. The Labute approximate surface area is 106 Å². The lowest BCUT2D eigenvalue weighted by Gasteiger charge is -2.09. The van der Waals surface area contributed by atoms with Gasteiger partial charge < -0.3 is 10.1 Å². The first-order chi connectivity index (χ1) is 8.77. The highest BCUT2D eigenvalue weighted by Crippen LogP contribution is 2.25. The van der Waals surface area contributed by atoms with Crippen molar-refractivity contribution in [2.24, 2.45) is 0 Å². The Bertz CT molecular complexity index is 567. The summed E-state index contributed by atoms with van der Waals surface area (Å²) in [4.78, 5) is 16.2. The number of benzene rings is 1.